The number of nitrogens with one attached hydrogen (secondary N) is 1. The predicted molar refractivity (Wildman–Crippen MR) is 148 cm³/mol. The number of phenols is 1. The second kappa shape index (κ2) is 11.8. The van der Waals surface area contributed by atoms with E-state index >= 15 is 0 Å². The Kier molecular flexibility index (Phi) is 8.78. The minimum absolute atomic E-state index is 0.0259. The van der Waals surface area contributed by atoms with E-state index in [0.717, 1.165) is 17.0 Å². The average molecular weight is 563 g/mol. The van der Waals surface area contributed by atoms with Gasteiger partial charge in [-0.1, -0.05) is 42.3 Å². The molecule has 2 aliphatic rings. The maximum atomic E-state index is 13.7. The molecule has 2 aromatic rings. The number of esters is 1. The Morgan fingerprint density at radius 3 is 2.57 bits per heavy atom. The van der Waals surface area contributed by atoms with Crippen molar-refractivity contribution in [1.82, 2.24) is 5.32 Å². The number of ketones is 1. The highest BCUT2D eigenvalue weighted by molar-refractivity contribution is 7.99. The zero-order chi connectivity index (χ0) is 26.7. The van der Waals surface area contributed by atoms with Gasteiger partial charge in [-0.2, -0.15) is 11.8 Å². The van der Waals surface area contributed by atoms with Crippen LogP contribution in [0.1, 0.15) is 49.7 Å². The number of benzene rings is 2. The maximum Gasteiger partial charge on any atom is 0.336 e. The SMILES string of the molecule is CCSCCOC(=O)C1=C(C)NC2=C(C(=O)C[C@@H](c3ccc(Cl)cc3)C2)[C@H]1c1cc(Cl)c(O)c(OC)c1. The number of Topliss-reactive ketones (excluding diaryl/α,β-unsaturated/α-hetero) is 1. The second-order valence-corrected chi connectivity index (χ2v) is 11.2. The van der Waals surface area contributed by atoms with Crippen LogP contribution in [0.2, 0.25) is 10.0 Å². The van der Waals surface area contributed by atoms with Crippen molar-refractivity contribution in [2.24, 2.45) is 0 Å². The molecule has 2 aromatic carbocycles. The number of allylic oxidation sites excluding steroid dienone is 3. The number of carbonyl (C=O) groups is 2. The van der Waals surface area contributed by atoms with E-state index in [-0.39, 0.29) is 41.3 Å². The highest BCUT2D eigenvalue weighted by atomic mass is 35.5. The zero-order valence-corrected chi connectivity index (χ0v) is 23.2. The van der Waals surface area contributed by atoms with Crippen molar-refractivity contribution in [3.63, 3.8) is 0 Å². The van der Waals surface area contributed by atoms with Gasteiger partial charge in [0.2, 0.25) is 0 Å². The third kappa shape index (κ3) is 5.79. The zero-order valence-electron chi connectivity index (χ0n) is 20.9. The van der Waals surface area contributed by atoms with Crippen LogP contribution in [0.25, 0.3) is 0 Å². The van der Waals surface area contributed by atoms with E-state index in [4.69, 9.17) is 32.7 Å². The van der Waals surface area contributed by atoms with Gasteiger partial charge >= 0.3 is 5.97 Å². The number of ether oxygens (including phenoxy) is 2. The van der Waals surface area contributed by atoms with Crippen molar-refractivity contribution >= 4 is 46.7 Å². The first-order valence-corrected chi connectivity index (χ1v) is 14.0. The number of hydrogen-bond donors (Lipinski definition) is 2. The smallest absolute Gasteiger partial charge is 0.336 e. The summed E-state index contributed by atoms with van der Waals surface area (Å²) in [6.07, 6.45) is 0.880. The number of rotatable bonds is 8. The molecular weight excluding hydrogens is 533 g/mol. The number of phenolic OH excluding ortho intramolecular Hbond substituents is 1. The quantitative estimate of drug-likeness (QED) is 0.286. The van der Waals surface area contributed by atoms with Gasteiger partial charge in [-0.25, -0.2) is 4.79 Å². The Labute approximate surface area is 231 Å². The summed E-state index contributed by atoms with van der Waals surface area (Å²) >= 11 is 14.1. The largest absolute Gasteiger partial charge is 0.503 e. The molecule has 2 atom stereocenters. The van der Waals surface area contributed by atoms with Gasteiger partial charge in [-0.15, -0.1) is 0 Å². The molecule has 4 rings (SSSR count). The van der Waals surface area contributed by atoms with E-state index in [2.05, 4.69) is 5.32 Å². The van der Waals surface area contributed by atoms with Crippen molar-refractivity contribution < 1.29 is 24.2 Å². The van der Waals surface area contributed by atoms with E-state index in [9.17, 15) is 14.7 Å². The number of hydrogen-bond acceptors (Lipinski definition) is 7. The van der Waals surface area contributed by atoms with Crippen LogP contribution in [0, 0.1) is 0 Å². The molecule has 0 aromatic heterocycles. The number of aromatic hydroxyl groups is 1. The normalized spacial score (nSPS) is 19.4. The summed E-state index contributed by atoms with van der Waals surface area (Å²) in [5.74, 6) is 0.270. The van der Waals surface area contributed by atoms with Crippen LogP contribution >= 0.6 is 35.0 Å². The van der Waals surface area contributed by atoms with Crippen LogP contribution in [0.4, 0.5) is 0 Å². The van der Waals surface area contributed by atoms with E-state index < -0.39 is 11.9 Å². The topological polar surface area (TPSA) is 84.9 Å². The number of methoxy groups -OCH3 is 1. The minimum Gasteiger partial charge on any atom is -0.503 e. The fourth-order valence-electron chi connectivity index (χ4n) is 4.95. The van der Waals surface area contributed by atoms with Crippen LogP contribution < -0.4 is 10.1 Å². The molecule has 0 saturated carbocycles. The summed E-state index contributed by atoms with van der Waals surface area (Å²) < 4.78 is 10.9. The molecule has 0 unspecified atom stereocenters. The molecule has 0 radical (unpaired) electrons. The lowest BCUT2D eigenvalue weighted by atomic mass is 9.71. The lowest BCUT2D eigenvalue weighted by Crippen LogP contribution is -2.36. The fraction of sp³-hybridized carbons (Fsp3) is 0.357. The first-order valence-electron chi connectivity index (χ1n) is 12.1. The highest BCUT2D eigenvalue weighted by Gasteiger charge is 2.42. The molecule has 1 heterocycles. The van der Waals surface area contributed by atoms with Gasteiger partial charge in [-0.3, -0.25) is 4.79 Å². The van der Waals surface area contributed by atoms with Gasteiger partial charge in [0, 0.05) is 40.1 Å². The molecular formula is C28H29Cl2NO5S. The number of halogens is 2. The number of thioether (sulfide) groups is 1. The summed E-state index contributed by atoms with van der Waals surface area (Å²) in [5.41, 5.74) is 3.83. The Morgan fingerprint density at radius 1 is 1.16 bits per heavy atom. The lowest BCUT2D eigenvalue weighted by molar-refractivity contribution is -0.138. The van der Waals surface area contributed by atoms with Gasteiger partial charge in [-0.05, 0) is 60.4 Å². The van der Waals surface area contributed by atoms with Crippen LogP contribution in [0.3, 0.4) is 0 Å². The molecule has 0 bridgehead atoms. The van der Waals surface area contributed by atoms with Gasteiger partial charge in [0.15, 0.2) is 17.3 Å². The average Bonchev–Trinajstić information content (AvgIpc) is 2.87. The molecule has 196 valence electrons. The van der Waals surface area contributed by atoms with Gasteiger partial charge in [0.25, 0.3) is 0 Å². The molecule has 2 N–H and O–H groups in total. The Balaban J connectivity index is 1.78. The third-order valence-corrected chi connectivity index (χ3v) is 8.06. The van der Waals surface area contributed by atoms with E-state index in [1.165, 1.54) is 7.11 Å². The third-order valence-electron chi connectivity index (χ3n) is 6.66. The molecule has 6 nitrogen and oxygen atoms in total. The van der Waals surface area contributed by atoms with Crippen molar-refractivity contribution in [3.05, 3.63) is 80.1 Å². The van der Waals surface area contributed by atoms with E-state index in [1.54, 1.807) is 23.9 Å². The van der Waals surface area contributed by atoms with Gasteiger partial charge in [0.05, 0.1) is 17.7 Å². The molecule has 1 aliphatic heterocycles. The first-order chi connectivity index (χ1) is 17.7. The van der Waals surface area contributed by atoms with Crippen molar-refractivity contribution in [2.45, 2.75) is 38.5 Å². The van der Waals surface area contributed by atoms with Gasteiger partial charge < -0.3 is 19.9 Å². The standard InChI is InChI=1S/C28H29Cl2NO5S/c1-4-37-10-9-36-28(34)24-15(2)31-21-12-17(16-5-7-19(29)8-6-16)13-22(32)26(21)25(24)18-11-20(30)27(33)23(14-18)35-3/h5-8,11,14,17,25,31,33H,4,9-10,12-13H2,1-3H3/t17-,25-/m0/s1. The van der Waals surface area contributed by atoms with Crippen LogP contribution in [0.5, 0.6) is 11.5 Å². The Hall–Kier alpha value is -2.61. The molecule has 0 amide bonds. The predicted octanol–water partition coefficient (Wildman–Crippen LogP) is 6.37. The maximum absolute atomic E-state index is 13.7. The molecule has 9 heteroatoms. The Bertz CT molecular complexity index is 1270. The van der Waals surface area contributed by atoms with Gasteiger partial charge in [0.1, 0.15) is 6.61 Å². The van der Waals surface area contributed by atoms with Crippen LogP contribution in [0.15, 0.2) is 58.9 Å². The molecule has 1 aliphatic carbocycles. The second-order valence-electron chi connectivity index (χ2n) is 8.96. The molecule has 0 spiro atoms. The van der Waals surface area contributed by atoms with Crippen LogP contribution in [-0.4, -0.2) is 42.1 Å². The lowest BCUT2D eigenvalue weighted by Gasteiger charge is -2.37. The molecule has 0 saturated heterocycles. The minimum atomic E-state index is -0.715. The van der Waals surface area contributed by atoms with Crippen molar-refractivity contribution in [2.75, 3.05) is 25.2 Å². The van der Waals surface area contributed by atoms with Crippen LogP contribution in [-0.2, 0) is 14.3 Å². The highest BCUT2D eigenvalue weighted by Crippen LogP contribution is 2.48. The monoisotopic (exact) mass is 561 g/mol. The van der Waals surface area contributed by atoms with Crippen molar-refractivity contribution in [1.29, 1.82) is 0 Å². The summed E-state index contributed by atoms with van der Waals surface area (Å²) in [6, 6.07) is 10.7. The fourth-order valence-corrected chi connectivity index (χ4v) is 5.78. The summed E-state index contributed by atoms with van der Waals surface area (Å²) in [7, 11) is 1.42. The summed E-state index contributed by atoms with van der Waals surface area (Å²) in [5, 5.41) is 14.4. The van der Waals surface area contributed by atoms with Crippen molar-refractivity contribution in [3.8, 4) is 11.5 Å². The summed E-state index contributed by atoms with van der Waals surface area (Å²) in [4.78, 5) is 27.1. The summed E-state index contributed by atoms with van der Waals surface area (Å²) in [6.45, 7) is 4.12. The van der Waals surface area contributed by atoms with E-state index in [1.807, 2.05) is 38.1 Å². The van der Waals surface area contributed by atoms with E-state index in [0.29, 0.717) is 39.6 Å². The molecule has 37 heavy (non-hydrogen) atoms. The first kappa shape index (κ1) is 27.4. The Morgan fingerprint density at radius 2 is 1.89 bits per heavy atom. The number of dihydropyridines is 1. The number of carbonyl (C=O) groups excluding carboxylic acids is 2. The molecule has 0 fully saturated rings.